The van der Waals surface area contributed by atoms with Crippen molar-refractivity contribution in [3.63, 3.8) is 0 Å². The Bertz CT molecular complexity index is 695. The van der Waals surface area contributed by atoms with Crippen molar-refractivity contribution in [2.75, 3.05) is 32.6 Å². The molecule has 0 aliphatic rings. The number of amides is 2. The highest BCUT2D eigenvalue weighted by Gasteiger charge is 2.27. The maximum atomic E-state index is 12.4. The van der Waals surface area contributed by atoms with Crippen molar-refractivity contribution in [2.24, 2.45) is 5.92 Å². The van der Waals surface area contributed by atoms with E-state index in [9.17, 15) is 14.4 Å². The van der Waals surface area contributed by atoms with Gasteiger partial charge in [-0.1, -0.05) is 38.0 Å². The molecule has 0 aliphatic carbocycles. The van der Waals surface area contributed by atoms with Crippen LogP contribution in [0.1, 0.15) is 37.0 Å². The van der Waals surface area contributed by atoms with Crippen molar-refractivity contribution in [3.05, 3.63) is 28.8 Å². The summed E-state index contributed by atoms with van der Waals surface area (Å²) in [5, 5.41) is 5.67. The second-order valence-electron chi connectivity index (χ2n) is 7.59. The lowest BCUT2D eigenvalue weighted by Gasteiger charge is -2.22. The van der Waals surface area contributed by atoms with Crippen LogP contribution in [0.25, 0.3) is 0 Å². The van der Waals surface area contributed by atoms with E-state index in [-0.39, 0.29) is 30.8 Å². The van der Waals surface area contributed by atoms with Crippen LogP contribution in [0.15, 0.2) is 12.1 Å². The Balaban J connectivity index is 2.63. The SMILES string of the molecule is CC[C@H](C)[C@@H](NC(=O)C[NH+](C)CC(=O)Nc1c(C)cc(C)cc1C)C(=O)OC. The van der Waals surface area contributed by atoms with Gasteiger partial charge in [0.2, 0.25) is 0 Å². The molecule has 0 heterocycles. The molecular formula is C21H34N3O4+. The first-order valence-corrected chi connectivity index (χ1v) is 9.65. The van der Waals surface area contributed by atoms with Crippen LogP contribution < -0.4 is 15.5 Å². The molecule has 0 bridgehead atoms. The lowest BCUT2D eigenvalue weighted by atomic mass is 9.99. The molecule has 1 aromatic carbocycles. The summed E-state index contributed by atoms with van der Waals surface area (Å²) in [6.07, 6.45) is 0.737. The quantitative estimate of drug-likeness (QED) is 0.542. The van der Waals surface area contributed by atoms with Gasteiger partial charge in [-0.15, -0.1) is 0 Å². The molecule has 1 aromatic rings. The molecule has 1 unspecified atom stereocenters. The molecule has 0 saturated heterocycles. The van der Waals surface area contributed by atoms with Gasteiger partial charge in [-0.25, -0.2) is 4.79 Å². The molecule has 0 aromatic heterocycles. The fraction of sp³-hybridized carbons (Fsp3) is 0.571. The lowest BCUT2D eigenvalue weighted by molar-refractivity contribution is -0.862. The minimum absolute atomic E-state index is 0.0347. The number of carbonyl (C=O) groups excluding carboxylic acids is 3. The molecule has 3 N–H and O–H groups in total. The number of esters is 1. The van der Waals surface area contributed by atoms with Gasteiger partial charge in [0.05, 0.1) is 14.2 Å². The number of benzene rings is 1. The summed E-state index contributed by atoms with van der Waals surface area (Å²) < 4.78 is 4.78. The van der Waals surface area contributed by atoms with Gasteiger partial charge < -0.3 is 20.3 Å². The second-order valence-corrected chi connectivity index (χ2v) is 7.59. The van der Waals surface area contributed by atoms with E-state index in [0.717, 1.165) is 33.7 Å². The number of hydrogen-bond donors (Lipinski definition) is 3. The van der Waals surface area contributed by atoms with Crippen LogP contribution in [0.2, 0.25) is 0 Å². The molecule has 0 aliphatic heterocycles. The molecule has 0 radical (unpaired) electrons. The van der Waals surface area contributed by atoms with Crippen LogP contribution in [0, 0.1) is 26.7 Å². The van der Waals surface area contributed by atoms with Crippen LogP contribution in [-0.4, -0.2) is 51.1 Å². The van der Waals surface area contributed by atoms with Crippen LogP contribution in [0.4, 0.5) is 5.69 Å². The molecule has 0 fully saturated rings. The fourth-order valence-corrected chi connectivity index (χ4v) is 3.19. The number of hydrogen-bond acceptors (Lipinski definition) is 4. The fourth-order valence-electron chi connectivity index (χ4n) is 3.19. The topological polar surface area (TPSA) is 88.9 Å². The third-order valence-electron chi connectivity index (χ3n) is 4.85. The zero-order valence-corrected chi connectivity index (χ0v) is 18.1. The van der Waals surface area contributed by atoms with Crippen molar-refractivity contribution in [1.29, 1.82) is 0 Å². The number of ether oxygens (including phenoxy) is 1. The highest BCUT2D eigenvalue weighted by Crippen LogP contribution is 2.21. The molecule has 0 spiro atoms. The van der Waals surface area contributed by atoms with Crippen LogP contribution in [0.5, 0.6) is 0 Å². The van der Waals surface area contributed by atoms with E-state index in [1.165, 1.54) is 7.11 Å². The highest BCUT2D eigenvalue weighted by molar-refractivity contribution is 5.93. The third-order valence-corrected chi connectivity index (χ3v) is 4.85. The van der Waals surface area contributed by atoms with Crippen LogP contribution in [0.3, 0.4) is 0 Å². The minimum atomic E-state index is -0.679. The van der Waals surface area contributed by atoms with Gasteiger partial charge in [-0.2, -0.15) is 0 Å². The van der Waals surface area contributed by atoms with Crippen LogP contribution >= 0.6 is 0 Å². The maximum absolute atomic E-state index is 12.4. The summed E-state index contributed by atoms with van der Waals surface area (Å²) in [7, 11) is 3.07. The minimum Gasteiger partial charge on any atom is -0.467 e. The number of methoxy groups -OCH3 is 1. The molecule has 3 atom stereocenters. The summed E-state index contributed by atoms with van der Waals surface area (Å²) in [5.41, 5.74) is 3.98. The normalized spacial score (nSPS) is 14.0. The Morgan fingerprint density at radius 1 is 1.07 bits per heavy atom. The predicted octanol–water partition coefficient (Wildman–Crippen LogP) is 0.769. The van der Waals surface area contributed by atoms with Gasteiger partial charge in [-0.05, 0) is 37.8 Å². The average molecular weight is 393 g/mol. The van der Waals surface area contributed by atoms with E-state index in [4.69, 9.17) is 4.74 Å². The summed E-state index contributed by atoms with van der Waals surface area (Å²) in [6.45, 7) is 10.0. The first-order valence-electron chi connectivity index (χ1n) is 9.65. The van der Waals surface area contributed by atoms with Gasteiger partial charge >= 0.3 is 5.97 Å². The number of likely N-dealkylation sites (N-methyl/N-ethyl adjacent to an activating group) is 1. The zero-order chi connectivity index (χ0) is 21.4. The average Bonchev–Trinajstić information content (AvgIpc) is 2.61. The molecule has 2 amide bonds. The van der Waals surface area contributed by atoms with Gasteiger partial charge in [0.25, 0.3) is 11.8 Å². The van der Waals surface area contributed by atoms with E-state index in [0.29, 0.717) is 0 Å². The predicted molar refractivity (Wildman–Crippen MR) is 109 cm³/mol. The van der Waals surface area contributed by atoms with Gasteiger partial charge in [-0.3, -0.25) is 9.59 Å². The van der Waals surface area contributed by atoms with Gasteiger partial charge in [0.15, 0.2) is 13.1 Å². The summed E-state index contributed by atoms with van der Waals surface area (Å²) >= 11 is 0. The zero-order valence-electron chi connectivity index (χ0n) is 18.1. The highest BCUT2D eigenvalue weighted by atomic mass is 16.5. The van der Waals surface area contributed by atoms with E-state index < -0.39 is 12.0 Å². The number of nitrogens with one attached hydrogen (secondary N) is 3. The molecule has 156 valence electrons. The number of anilines is 1. The van der Waals surface area contributed by atoms with Crippen molar-refractivity contribution in [3.8, 4) is 0 Å². The summed E-state index contributed by atoms with van der Waals surface area (Å²) in [4.78, 5) is 37.3. The Labute approximate surface area is 167 Å². The van der Waals surface area contributed by atoms with Crippen molar-refractivity contribution >= 4 is 23.5 Å². The monoisotopic (exact) mass is 392 g/mol. The Morgan fingerprint density at radius 2 is 1.61 bits per heavy atom. The van der Waals surface area contributed by atoms with Crippen molar-refractivity contribution < 1.29 is 24.0 Å². The van der Waals surface area contributed by atoms with Gasteiger partial charge in [0.1, 0.15) is 6.04 Å². The Morgan fingerprint density at radius 3 is 2.11 bits per heavy atom. The van der Waals surface area contributed by atoms with E-state index in [1.54, 1.807) is 7.05 Å². The number of quaternary nitrogens is 1. The molecule has 1 rings (SSSR count). The summed E-state index contributed by atoms with van der Waals surface area (Å²) in [6, 6.07) is 3.37. The lowest BCUT2D eigenvalue weighted by Crippen LogP contribution is -3.11. The Hall–Kier alpha value is -2.41. The van der Waals surface area contributed by atoms with E-state index >= 15 is 0 Å². The molecule has 7 nitrogen and oxygen atoms in total. The Kier molecular flexibility index (Phi) is 9.12. The van der Waals surface area contributed by atoms with E-state index in [1.807, 2.05) is 46.8 Å². The van der Waals surface area contributed by atoms with Crippen molar-refractivity contribution in [1.82, 2.24) is 5.32 Å². The second kappa shape index (κ2) is 10.8. The third kappa shape index (κ3) is 6.96. The van der Waals surface area contributed by atoms with Crippen molar-refractivity contribution in [2.45, 2.75) is 47.1 Å². The standard InChI is InChI=1S/C21H33N3O4/c1-8-14(3)20(21(27)28-7)23-18(26)12-24(6)11-17(25)22-19-15(4)9-13(2)10-16(19)5/h9-10,14,20H,8,11-12H2,1-7H3,(H,22,25)(H,23,26)/p+1/t14-,20+/m0/s1. The molecule has 0 saturated carbocycles. The maximum Gasteiger partial charge on any atom is 0.328 e. The molecule has 28 heavy (non-hydrogen) atoms. The first kappa shape index (κ1) is 23.6. The number of rotatable bonds is 9. The number of carbonyl (C=O) groups is 3. The molecule has 7 heteroatoms. The summed E-state index contributed by atoms with van der Waals surface area (Å²) in [5.74, 6) is -0.939. The smallest absolute Gasteiger partial charge is 0.328 e. The molecular weight excluding hydrogens is 358 g/mol. The van der Waals surface area contributed by atoms with E-state index in [2.05, 4.69) is 10.6 Å². The van der Waals surface area contributed by atoms with Crippen LogP contribution in [-0.2, 0) is 19.1 Å². The number of aryl methyl sites for hydroxylation is 3. The van der Waals surface area contributed by atoms with Gasteiger partial charge in [0, 0.05) is 5.69 Å². The first-order chi connectivity index (χ1) is 13.1. The largest absolute Gasteiger partial charge is 0.467 e.